The predicted octanol–water partition coefficient (Wildman–Crippen LogP) is 3.08. The molecule has 1 rings (SSSR count). The summed E-state index contributed by atoms with van der Waals surface area (Å²) in [6, 6.07) is 10.6. The van der Waals surface area contributed by atoms with Crippen LogP contribution in [-0.2, 0) is 6.54 Å². The minimum absolute atomic E-state index is 1.02. The molecule has 0 unspecified atom stereocenters. The van der Waals surface area contributed by atoms with Gasteiger partial charge in [0.25, 0.3) is 0 Å². The molecule has 0 saturated carbocycles. The third kappa shape index (κ3) is 4.24. The van der Waals surface area contributed by atoms with Crippen molar-refractivity contribution in [1.82, 2.24) is 4.90 Å². The molecule has 14 heavy (non-hydrogen) atoms. The summed E-state index contributed by atoms with van der Waals surface area (Å²) in [5, 5.41) is 0. The smallest absolute Gasteiger partial charge is 0.0233 e. The molecule has 0 heterocycles. The molecule has 0 fully saturated rings. The third-order valence-electron chi connectivity index (χ3n) is 2.11. The van der Waals surface area contributed by atoms with E-state index < -0.39 is 0 Å². The zero-order valence-corrected chi connectivity index (χ0v) is 9.11. The molecule has 1 heteroatoms. The molecular formula is C13H19N. The van der Waals surface area contributed by atoms with Gasteiger partial charge in [-0.15, -0.1) is 0 Å². The summed E-state index contributed by atoms with van der Waals surface area (Å²) in [4.78, 5) is 2.31. The molecule has 76 valence electrons. The highest BCUT2D eigenvalue weighted by molar-refractivity contribution is 5.14. The molecule has 1 aromatic carbocycles. The molecule has 0 spiro atoms. The molecule has 0 bridgehead atoms. The van der Waals surface area contributed by atoms with Crippen LogP contribution in [0.4, 0.5) is 0 Å². The van der Waals surface area contributed by atoms with Crippen molar-refractivity contribution in [3.8, 4) is 0 Å². The van der Waals surface area contributed by atoms with Crippen LogP contribution in [0.15, 0.2) is 42.5 Å². The van der Waals surface area contributed by atoms with Gasteiger partial charge in [-0.05, 0) is 19.0 Å². The van der Waals surface area contributed by atoms with E-state index in [0.717, 1.165) is 19.5 Å². The first-order valence-corrected chi connectivity index (χ1v) is 5.20. The Bertz CT molecular complexity index is 264. The van der Waals surface area contributed by atoms with Crippen molar-refractivity contribution in [2.75, 3.05) is 13.6 Å². The molecule has 1 aromatic rings. The van der Waals surface area contributed by atoms with E-state index in [1.807, 2.05) is 0 Å². The number of allylic oxidation sites excluding steroid dienone is 1. The third-order valence-corrected chi connectivity index (χ3v) is 2.11. The summed E-state index contributed by atoms with van der Waals surface area (Å²) in [6.45, 7) is 4.21. The standard InChI is InChI=1S/C13H19N/c1-3-4-8-11-14(2)12-13-9-6-5-7-10-13/h4-10H,3,11-12H2,1-2H3/b8-4-. The largest absolute Gasteiger partial charge is 0.298 e. The Labute approximate surface area is 87.1 Å². The van der Waals surface area contributed by atoms with Crippen molar-refractivity contribution in [3.05, 3.63) is 48.0 Å². The van der Waals surface area contributed by atoms with E-state index in [2.05, 4.69) is 61.4 Å². The highest BCUT2D eigenvalue weighted by atomic mass is 15.1. The quantitative estimate of drug-likeness (QED) is 0.643. The lowest BCUT2D eigenvalue weighted by atomic mass is 10.2. The van der Waals surface area contributed by atoms with Crippen LogP contribution in [-0.4, -0.2) is 18.5 Å². The number of rotatable bonds is 5. The highest BCUT2D eigenvalue weighted by Crippen LogP contribution is 2.02. The van der Waals surface area contributed by atoms with Crippen LogP contribution < -0.4 is 0 Å². The van der Waals surface area contributed by atoms with Gasteiger partial charge in [0.05, 0.1) is 0 Å². The van der Waals surface area contributed by atoms with E-state index in [0.29, 0.717) is 0 Å². The van der Waals surface area contributed by atoms with Crippen molar-refractivity contribution in [1.29, 1.82) is 0 Å². The fourth-order valence-electron chi connectivity index (χ4n) is 1.38. The van der Waals surface area contributed by atoms with Crippen LogP contribution in [0.3, 0.4) is 0 Å². The minimum atomic E-state index is 1.02. The van der Waals surface area contributed by atoms with Gasteiger partial charge < -0.3 is 0 Å². The van der Waals surface area contributed by atoms with E-state index in [1.54, 1.807) is 0 Å². The van der Waals surface area contributed by atoms with Crippen molar-refractivity contribution < 1.29 is 0 Å². The Morgan fingerprint density at radius 2 is 1.86 bits per heavy atom. The second-order valence-corrected chi connectivity index (χ2v) is 3.56. The highest BCUT2D eigenvalue weighted by Gasteiger charge is 1.96. The average molecular weight is 189 g/mol. The first-order valence-electron chi connectivity index (χ1n) is 5.20. The van der Waals surface area contributed by atoms with E-state index in [1.165, 1.54) is 5.56 Å². The number of benzene rings is 1. The van der Waals surface area contributed by atoms with E-state index in [-0.39, 0.29) is 0 Å². The van der Waals surface area contributed by atoms with Gasteiger partial charge in [-0.3, -0.25) is 4.90 Å². The Morgan fingerprint density at radius 3 is 2.50 bits per heavy atom. The zero-order valence-electron chi connectivity index (χ0n) is 9.11. The van der Waals surface area contributed by atoms with Gasteiger partial charge in [-0.2, -0.15) is 0 Å². The molecule has 0 aliphatic heterocycles. The molecular weight excluding hydrogens is 170 g/mol. The van der Waals surface area contributed by atoms with Gasteiger partial charge in [0.2, 0.25) is 0 Å². The summed E-state index contributed by atoms with van der Waals surface area (Å²) in [6.07, 6.45) is 5.56. The molecule has 0 saturated heterocycles. The minimum Gasteiger partial charge on any atom is -0.298 e. The fraction of sp³-hybridized carbons (Fsp3) is 0.385. The van der Waals surface area contributed by atoms with Gasteiger partial charge in [0.15, 0.2) is 0 Å². The Hall–Kier alpha value is -1.08. The van der Waals surface area contributed by atoms with Crippen LogP contribution >= 0.6 is 0 Å². The van der Waals surface area contributed by atoms with Gasteiger partial charge in [0.1, 0.15) is 0 Å². The topological polar surface area (TPSA) is 3.24 Å². The van der Waals surface area contributed by atoms with Crippen molar-refractivity contribution in [3.63, 3.8) is 0 Å². The van der Waals surface area contributed by atoms with E-state index in [9.17, 15) is 0 Å². The lowest BCUT2D eigenvalue weighted by Crippen LogP contribution is -2.17. The Balaban J connectivity index is 2.34. The molecule has 0 aliphatic rings. The molecule has 0 aromatic heterocycles. The van der Waals surface area contributed by atoms with Crippen LogP contribution in [0.5, 0.6) is 0 Å². The van der Waals surface area contributed by atoms with Gasteiger partial charge in [-0.25, -0.2) is 0 Å². The van der Waals surface area contributed by atoms with Crippen LogP contribution in [0, 0.1) is 0 Å². The maximum Gasteiger partial charge on any atom is 0.0233 e. The van der Waals surface area contributed by atoms with E-state index >= 15 is 0 Å². The predicted molar refractivity (Wildman–Crippen MR) is 62.2 cm³/mol. The lowest BCUT2D eigenvalue weighted by Gasteiger charge is -2.13. The second-order valence-electron chi connectivity index (χ2n) is 3.56. The maximum absolute atomic E-state index is 2.31. The number of likely N-dealkylation sites (N-methyl/N-ethyl adjacent to an activating group) is 1. The van der Waals surface area contributed by atoms with E-state index in [4.69, 9.17) is 0 Å². The summed E-state index contributed by atoms with van der Waals surface area (Å²) in [7, 11) is 2.15. The summed E-state index contributed by atoms with van der Waals surface area (Å²) >= 11 is 0. The maximum atomic E-state index is 2.31. The molecule has 0 atom stereocenters. The van der Waals surface area contributed by atoms with Gasteiger partial charge in [0, 0.05) is 13.1 Å². The average Bonchev–Trinajstić information content (AvgIpc) is 2.20. The molecule has 0 amide bonds. The van der Waals surface area contributed by atoms with Crippen LogP contribution in [0.1, 0.15) is 18.9 Å². The van der Waals surface area contributed by atoms with Crippen molar-refractivity contribution >= 4 is 0 Å². The molecule has 0 radical (unpaired) electrons. The van der Waals surface area contributed by atoms with Crippen LogP contribution in [0.2, 0.25) is 0 Å². The summed E-state index contributed by atoms with van der Waals surface area (Å²) in [5.74, 6) is 0. The summed E-state index contributed by atoms with van der Waals surface area (Å²) < 4.78 is 0. The second kappa shape index (κ2) is 6.39. The SMILES string of the molecule is CC/C=C\CN(C)Cc1ccccc1. The first-order chi connectivity index (χ1) is 6.83. The monoisotopic (exact) mass is 189 g/mol. The zero-order chi connectivity index (χ0) is 10.2. The lowest BCUT2D eigenvalue weighted by molar-refractivity contribution is 0.363. The number of nitrogens with zero attached hydrogens (tertiary/aromatic N) is 1. The Kier molecular flexibility index (Phi) is 5.02. The van der Waals surface area contributed by atoms with Gasteiger partial charge >= 0.3 is 0 Å². The summed E-state index contributed by atoms with van der Waals surface area (Å²) in [5.41, 5.74) is 1.37. The normalized spacial score (nSPS) is 11.4. The van der Waals surface area contributed by atoms with Crippen molar-refractivity contribution in [2.45, 2.75) is 19.9 Å². The fourth-order valence-corrected chi connectivity index (χ4v) is 1.38. The molecule has 0 aliphatic carbocycles. The number of hydrogen-bond donors (Lipinski definition) is 0. The van der Waals surface area contributed by atoms with Crippen molar-refractivity contribution in [2.24, 2.45) is 0 Å². The Morgan fingerprint density at radius 1 is 1.14 bits per heavy atom. The molecule has 0 N–H and O–H groups in total. The first kappa shape index (κ1) is 11.0. The number of hydrogen-bond acceptors (Lipinski definition) is 1. The van der Waals surface area contributed by atoms with Crippen LogP contribution in [0.25, 0.3) is 0 Å². The molecule has 1 nitrogen and oxygen atoms in total. The van der Waals surface area contributed by atoms with Gasteiger partial charge in [-0.1, -0.05) is 49.4 Å².